The normalized spacial score (nSPS) is 12.4. The smallest absolute Gasteiger partial charge is 0.250 e. The molecule has 0 saturated heterocycles. The van der Waals surface area contributed by atoms with E-state index in [-0.39, 0.29) is 29.0 Å². The molecular weight excluding hydrogens is 396 g/mol. The van der Waals surface area contributed by atoms with E-state index < -0.39 is 10.0 Å². The van der Waals surface area contributed by atoms with E-state index in [1.165, 1.54) is 6.08 Å². The third-order valence-corrected chi connectivity index (χ3v) is 6.28. The van der Waals surface area contributed by atoms with Crippen molar-refractivity contribution in [3.63, 3.8) is 0 Å². The molecule has 0 saturated carbocycles. The summed E-state index contributed by atoms with van der Waals surface area (Å²) < 4.78 is 27.8. The molecule has 2 N–H and O–H groups in total. The largest absolute Gasteiger partial charge is 0.507 e. The highest BCUT2D eigenvalue weighted by Gasteiger charge is 2.19. The number of nitrogens with zero attached hydrogens (tertiary/aromatic N) is 1. The highest BCUT2D eigenvalue weighted by atomic mass is 32.2. The van der Waals surface area contributed by atoms with Crippen LogP contribution in [-0.2, 0) is 16.4 Å². The first-order valence-corrected chi connectivity index (χ1v) is 11.7. The first-order valence-electron chi connectivity index (χ1n) is 10.2. The van der Waals surface area contributed by atoms with E-state index in [0.717, 1.165) is 23.1 Å². The minimum atomic E-state index is -3.91. The van der Waals surface area contributed by atoms with Gasteiger partial charge >= 0.3 is 0 Å². The van der Waals surface area contributed by atoms with E-state index in [1.807, 2.05) is 64.1 Å². The minimum Gasteiger partial charge on any atom is -0.507 e. The van der Waals surface area contributed by atoms with E-state index in [2.05, 4.69) is 4.72 Å². The van der Waals surface area contributed by atoms with Crippen LogP contribution in [0.5, 0.6) is 5.75 Å². The van der Waals surface area contributed by atoms with E-state index in [0.29, 0.717) is 12.0 Å². The molecule has 2 rings (SSSR count). The molecule has 6 heteroatoms. The molecule has 160 valence electrons. The zero-order valence-corrected chi connectivity index (χ0v) is 18.8. The van der Waals surface area contributed by atoms with Crippen LogP contribution in [0.4, 0.5) is 0 Å². The number of phenols is 1. The fourth-order valence-electron chi connectivity index (χ4n) is 3.21. The third-order valence-electron chi connectivity index (χ3n) is 4.91. The summed E-state index contributed by atoms with van der Waals surface area (Å²) in [4.78, 5) is -0.336. The lowest BCUT2D eigenvalue weighted by atomic mass is 9.91. The fraction of sp³-hybridized carbons (Fsp3) is 0.375. The summed E-state index contributed by atoms with van der Waals surface area (Å²) in [5, 5.41) is 20.0. The molecule has 2 aromatic carbocycles. The number of aryl methyl sites for hydroxylation is 1. The number of phenolic OH excluding ortho intramolecular Hbond substituents is 1. The number of nitrogens with one attached hydrogen (secondary N) is 1. The third kappa shape index (κ3) is 6.19. The van der Waals surface area contributed by atoms with Crippen molar-refractivity contribution in [2.24, 2.45) is 0 Å². The highest BCUT2D eigenvalue weighted by Crippen LogP contribution is 2.35. The Labute approximate surface area is 180 Å². The number of sulfonamides is 1. The summed E-state index contributed by atoms with van der Waals surface area (Å²) in [5.74, 6) is 0.362. The topological polar surface area (TPSA) is 90.2 Å². The van der Waals surface area contributed by atoms with Crippen LogP contribution in [0.2, 0.25) is 0 Å². The Morgan fingerprint density at radius 1 is 1.10 bits per heavy atom. The SMILES string of the molecule is CC(C)c1cc(/C=C(/C#N)S(=O)(=O)NCCCc2ccccc2)cc(C(C)C)c1O. The average Bonchev–Trinajstić information content (AvgIpc) is 2.70. The van der Waals surface area contributed by atoms with Gasteiger partial charge in [0.25, 0.3) is 10.0 Å². The molecular formula is C24H30N2O3S. The van der Waals surface area contributed by atoms with Crippen LogP contribution < -0.4 is 4.72 Å². The summed E-state index contributed by atoms with van der Waals surface area (Å²) in [6.07, 6.45) is 2.76. The molecule has 0 radical (unpaired) electrons. The van der Waals surface area contributed by atoms with Crippen LogP contribution in [0.25, 0.3) is 6.08 Å². The highest BCUT2D eigenvalue weighted by molar-refractivity contribution is 7.93. The minimum absolute atomic E-state index is 0.0640. The van der Waals surface area contributed by atoms with Gasteiger partial charge in [-0.2, -0.15) is 5.26 Å². The van der Waals surface area contributed by atoms with Gasteiger partial charge in [0.1, 0.15) is 11.8 Å². The Bertz CT molecular complexity index is 1000. The number of hydrogen-bond acceptors (Lipinski definition) is 4. The number of benzene rings is 2. The first kappa shape index (κ1) is 23.7. The van der Waals surface area contributed by atoms with Crippen molar-refractivity contribution in [2.75, 3.05) is 6.54 Å². The molecule has 5 nitrogen and oxygen atoms in total. The van der Waals surface area contributed by atoms with Crippen molar-refractivity contribution in [3.8, 4) is 11.8 Å². The number of nitriles is 1. The second-order valence-electron chi connectivity index (χ2n) is 7.96. The van der Waals surface area contributed by atoms with Crippen molar-refractivity contribution in [3.05, 3.63) is 69.6 Å². The first-order chi connectivity index (χ1) is 14.2. The van der Waals surface area contributed by atoms with E-state index in [9.17, 15) is 18.8 Å². The van der Waals surface area contributed by atoms with Crippen LogP contribution in [-0.4, -0.2) is 20.1 Å². The fourth-order valence-corrected chi connectivity index (χ4v) is 4.19. The molecule has 0 fully saturated rings. The molecule has 0 unspecified atom stereocenters. The molecule has 0 aromatic heterocycles. The van der Waals surface area contributed by atoms with Gasteiger partial charge in [-0.15, -0.1) is 0 Å². The van der Waals surface area contributed by atoms with Crippen molar-refractivity contribution in [1.29, 1.82) is 5.26 Å². The maximum absolute atomic E-state index is 12.6. The average molecular weight is 427 g/mol. The number of aromatic hydroxyl groups is 1. The van der Waals surface area contributed by atoms with Crippen LogP contribution in [0.3, 0.4) is 0 Å². The van der Waals surface area contributed by atoms with Crippen LogP contribution in [0.1, 0.15) is 68.2 Å². The predicted octanol–water partition coefficient (Wildman–Crippen LogP) is 5.06. The van der Waals surface area contributed by atoms with Gasteiger partial charge in [-0.1, -0.05) is 58.0 Å². The maximum atomic E-state index is 12.6. The van der Waals surface area contributed by atoms with Gasteiger partial charge in [0, 0.05) is 6.54 Å². The van der Waals surface area contributed by atoms with Crippen molar-refractivity contribution < 1.29 is 13.5 Å². The quantitative estimate of drug-likeness (QED) is 0.433. The Morgan fingerprint density at radius 3 is 2.17 bits per heavy atom. The lowest BCUT2D eigenvalue weighted by Crippen LogP contribution is -2.26. The summed E-state index contributed by atoms with van der Waals surface area (Å²) in [6, 6.07) is 15.1. The van der Waals surface area contributed by atoms with Crippen LogP contribution >= 0.6 is 0 Å². The Hall–Kier alpha value is -2.62. The summed E-state index contributed by atoms with van der Waals surface area (Å²) >= 11 is 0. The van der Waals surface area contributed by atoms with Crippen LogP contribution in [0, 0.1) is 11.3 Å². The lowest BCUT2D eigenvalue weighted by Gasteiger charge is -2.16. The predicted molar refractivity (Wildman–Crippen MR) is 122 cm³/mol. The van der Waals surface area contributed by atoms with Crippen molar-refractivity contribution in [1.82, 2.24) is 4.72 Å². The lowest BCUT2D eigenvalue weighted by molar-refractivity contribution is 0.454. The van der Waals surface area contributed by atoms with Gasteiger partial charge in [0.05, 0.1) is 0 Å². The molecule has 0 atom stereocenters. The number of allylic oxidation sites excluding steroid dienone is 1. The Balaban J connectivity index is 2.22. The monoisotopic (exact) mass is 426 g/mol. The summed E-state index contributed by atoms with van der Waals surface area (Å²) in [6.45, 7) is 8.10. The second-order valence-corrected chi connectivity index (χ2v) is 9.70. The Kier molecular flexibility index (Phi) is 8.22. The van der Waals surface area contributed by atoms with Crippen LogP contribution in [0.15, 0.2) is 47.4 Å². The van der Waals surface area contributed by atoms with Gasteiger partial charge in [-0.3, -0.25) is 0 Å². The molecule has 30 heavy (non-hydrogen) atoms. The molecule has 0 spiro atoms. The van der Waals surface area contributed by atoms with Gasteiger partial charge in [-0.25, -0.2) is 13.1 Å². The van der Waals surface area contributed by atoms with Gasteiger partial charge in [-0.05, 0) is 65.1 Å². The summed E-state index contributed by atoms with van der Waals surface area (Å²) in [5.41, 5.74) is 3.20. The standard InChI is InChI=1S/C24H30N2O3S/c1-17(2)22-14-20(15-23(18(3)4)24(22)27)13-21(16-25)30(28,29)26-12-8-11-19-9-6-5-7-10-19/h5-7,9-10,13-15,17-18,26-27H,8,11-12H2,1-4H3/b21-13-. The molecule has 0 aliphatic heterocycles. The molecule has 0 bridgehead atoms. The maximum Gasteiger partial charge on any atom is 0.250 e. The van der Waals surface area contributed by atoms with Crippen molar-refractivity contribution >= 4 is 16.1 Å². The molecule has 0 amide bonds. The zero-order valence-electron chi connectivity index (χ0n) is 18.0. The van der Waals surface area contributed by atoms with E-state index in [1.54, 1.807) is 12.1 Å². The van der Waals surface area contributed by atoms with Crippen molar-refractivity contribution in [2.45, 2.75) is 52.4 Å². The molecule has 0 heterocycles. The van der Waals surface area contributed by atoms with Gasteiger partial charge in [0.15, 0.2) is 4.91 Å². The van der Waals surface area contributed by atoms with Gasteiger partial charge < -0.3 is 5.11 Å². The number of rotatable bonds is 9. The second kappa shape index (κ2) is 10.4. The van der Waals surface area contributed by atoms with Gasteiger partial charge in [0.2, 0.25) is 0 Å². The van der Waals surface area contributed by atoms with E-state index in [4.69, 9.17) is 0 Å². The van der Waals surface area contributed by atoms with E-state index >= 15 is 0 Å². The molecule has 0 aliphatic carbocycles. The summed E-state index contributed by atoms with van der Waals surface area (Å²) in [7, 11) is -3.91. The Morgan fingerprint density at radius 2 is 1.67 bits per heavy atom. The molecule has 2 aromatic rings. The number of hydrogen-bond donors (Lipinski definition) is 2. The molecule has 0 aliphatic rings. The zero-order chi connectivity index (χ0) is 22.3.